The van der Waals surface area contributed by atoms with Crippen LogP contribution in [0.15, 0.2) is 41.7 Å². The highest BCUT2D eigenvalue weighted by atomic mass is 16.4. The van der Waals surface area contributed by atoms with Crippen LogP contribution in [0.3, 0.4) is 0 Å². The summed E-state index contributed by atoms with van der Waals surface area (Å²) in [6, 6.07) is 8.57. The fraction of sp³-hybridized carbons (Fsp3) is 0.476. The summed E-state index contributed by atoms with van der Waals surface area (Å²) < 4.78 is 0. The normalized spacial score (nSPS) is 17.5. The summed E-state index contributed by atoms with van der Waals surface area (Å²) in [7, 11) is 0. The van der Waals surface area contributed by atoms with Gasteiger partial charge in [0.2, 0.25) is 0 Å². The van der Waals surface area contributed by atoms with Gasteiger partial charge in [-0.2, -0.15) is 0 Å². The first-order valence-corrected chi connectivity index (χ1v) is 9.20. The minimum Gasteiger partial charge on any atom is -0.503 e. The van der Waals surface area contributed by atoms with Crippen LogP contribution in [0.2, 0.25) is 0 Å². The Hall–Kier alpha value is -2.63. The van der Waals surface area contributed by atoms with Crippen LogP contribution in [0.4, 0.5) is 0 Å². The quantitative estimate of drug-likeness (QED) is 0.678. The number of carboxylic acid groups (broad SMARTS) is 1. The molecule has 0 aromatic heterocycles. The number of nitrogens with zero attached hydrogens (tertiary/aromatic N) is 1. The third-order valence-corrected chi connectivity index (χ3v) is 4.63. The molecule has 0 saturated heterocycles. The monoisotopic (exact) mass is 373 g/mol. The molecule has 0 aliphatic carbocycles. The first-order chi connectivity index (χ1) is 12.6. The molecule has 1 aromatic rings. The van der Waals surface area contributed by atoms with Crippen molar-refractivity contribution in [2.75, 3.05) is 6.54 Å². The van der Waals surface area contributed by atoms with Gasteiger partial charge in [-0.05, 0) is 18.4 Å². The van der Waals surface area contributed by atoms with Gasteiger partial charge in [0.05, 0.1) is 11.6 Å². The molecule has 0 saturated carbocycles. The Labute approximate surface area is 159 Å². The number of carboxylic acids is 1. The van der Waals surface area contributed by atoms with E-state index in [0.29, 0.717) is 25.8 Å². The number of amides is 1. The number of aliphatic hydroxyl groups excluding tert-OH is 1. The molecule has 1 aliphatic rings. The molecule has 0 fully saturated rings. The van der Waals surface area contributed by atoms with Gasteiger partial charge < -0.3 is 15.1 Å². The van der Waals surface area contributed by atoms with Crippen LogP contribution in [0.1, 0.15) is 58.1 Å². The highest BCUT2D eigenvalue weighted by Crippen LogP contribution is 2.40. The maximum Gasteiger partial charge on any atom is 0.303 e. The molecule has 0 unspecified atom stereocenters. The van der Waals surface area contributed by atoms with Crippen molar-refractivity contribution in [2.24, 2.45) is 5.41 Å². The highest BCUT2D eigenvalue weighted by molar-refractivity contribution is 6.10. The molecule has 1 amide bonds. The number of Topliss-reactive ketones (excluding diaryl/α,β-unsaturated/α-hetero) is 1. The molecule has 6 nitrogen and oxygen atoms in total. The Morgan fingerprint density at radius 1 is 1.07 bits per heavy atom. The number of carbonyl (C=O) groups excluding carboxylic acids is 2. The largest absolute Gasteiger partial charge is 0.503 e. The zero-order chi connectivity index (χ0) is 20.2. The average molecular weight is 373 g/mol. The van der Waals surface area contributed by atoms with Gasteiger partial charge in [-0.1, -0.05) is 57.5 Å². The summed E-state index contributed by atoms with van der Waals surface area (Å²) in [5.74, 6) is -2.12. The standard InChI is InChI=1S/C21H27NO5/c1-21(2,3)19(26)16-17(14-10-6-4-7-11-14)22(20(27)18(16)25)13-9-5-8-12-15(23)24/h4,6-7,10-11,17,25H,5,8-9,12-13H2,1-3H3,(H,23,24)/t17-/m0/s1. The van der Waals surface area contributed by atoms with E-state index >= 15 is 0 Å². The van der Waals surface area contributed by atoms with E-state index < -0.39 is 29.1 Å². The zero-order valence-corrected chi connectivity index (χ0v) is 16.1. The van der Waals surface area contributed by atoms with E-state index in [4.69, 9.17) is 5.11 Å². The Morgan fingerprint density at radius 3 is 2.26 bits per heavy atom. The fourth-order valence-corrected chi connectivity index (χ4v) is 3.24. The van der Waals surface area contributed by atoms with E-state index in [9.17, 15) is 19.5 Å². The number of aliphatic carboxylic acids is 1. The summed E-state index contributed by atoms with van der Waals surface area (Å²) in [5.41, 5.74) is 0.186. The lowest BCUT2D eigenvalue weighted by molar-refractivity contribution is -0.137. The lowest BCUT2D eigenvalue weighted by Crippen LogP contribution is -2.33. The minimum absolute atomic E-state index is 0.0906. The maximum absolute atomic E-state index is 12.9. The predicted molar refractivity (Wildman–Crippen MR) is 101 cm³/mol. The molecule has 0 spiro atoms. The van der Waals surface area contributed by atoms with Gasteiger partial charge >= 0.3 is 5.97 Å². The van der Waals surface area contributed by atoms with Gasteiger partial charge in [-0.15, -0.1) is 0 Å². The number of carbonyl (C=O) groups is 3. The number of unbranched alkanes of at least 4 members (excludes halogenated alkanes) is 2. The molecule has 2 rings (SSSR count). The Kier molecular flexibility index (Phi) is 6.41. The predicted octanol–water partition coefficient (Wildman–Crippen LogP) is 3.64. The number of hydrogen-bond acceptors (Lipinski definition) is 4. The summed E-state index contributed by atoms with van der Waals surface area (Å²) in [5, 5.41) is 19.2. The first kappa shape index (κ1) is 20.7. The third-order valence-electron chi connectivity index (χ3n) is 4.63. The minimum atomic E-state index is -0.841. The van der Waals surface area contributed by atoms with Crippen molar-refractivity contribution < 1.29 is 24.6 Å². The lowest BCUT2D eigenvalue weighted by atomic mass is 9.82. The van der Waals surface area contributed by atoms with Crippen molar-refractivity contribution in [1.82, 2.24) is 4.90 Å². The molecule has 1 heterocycles. The molecule has 1 aromatic carbocycles. The van der Waals surface area contributed by atoms with Gasteiger partial charge in [-0.3, -0.25) is 14.4 Å². The molecule has 27 heavy (non-hydrogen) atoms. The van der Waals surface area contributed by atoms with Crippen molar-refractivity contribution in [2.45, 2.75) is 52.5 Å². The second kappa shape index (κ2) is 8.37. The van der Waals surface area contributed by atoms with Crippen LogP contribution in [-0.2, 0) is 14.4 Å². The van der Waals surface area contributed by atoms with Crippen molar-refractivity contribution in [3.63, 3.8) is 0 Å². The topological polar surface area (TPSA) is 94.9 Å². The Bertz CT molecular complexity index is 746. The molecule has 6 heteroatoms. The van der Waals surface area contributed by atoms with E-state index in [-0.39, 0.29) is 17.8 Å². The van der Waals surface area contributed by atoms with Crippen molar-refractivity contribution in [1.29, 1.82) is 0 Å². The number of aliphatic hydroxyl groups is 1. The smallest absolute Gasteiger partial charge is 0.303 e. The average Bonchev–Trinajstić information content (AvgIpc) is 2.85. The van der Waals surface area contributed by atoms with Gasteiger partial charge in [0.25, 0.3) is 5.91 Å². The van der Waals surface area contributed by atoms with E-state index in [1.165, 1.54) is 4.90 Å². The van der Waals surface area contributed by atoms with Gasteiger partial charge in [0.15, 0.2) is 11.5 Å². The van der Waals surface area contributed by atoms with Crippen LogP contribution in [0.25, 0.3) is 0 Å². The second-order valence-electron chi connectivity index (χ2n) is 7.86. The molecular formula is C21H27NO5. The van der Waals surface area contributed by atoms with E-state index in [0.717, 1.165) is 5.56 Å². The Morgan fingerprint density at radius 2 is 1.70 bits per heavy atom. The van der Waals surface area contributed by atoms with Crippen LogP contribution in [-0.4, -0.2) is 39.3 Å². The molecule has 2 N–H and O–H groups in total. The summed E-state index contributed by atoms with van der Waals surface area (Å²) in [6.07, 6.45) is 1.88. The van der Waals surface area contributed by atoms with E-state index in [1.807, 2.05) is 30.3 Å². The van der Waals surface area contributed by atoms with Crippen molar-refractivity contribution in [3.8, 4) is 0 Å². The van der Waals surface area contributed by atoms with Crippen LogP contribution in [0.5, 0.6) is 0 Å². The SMILES string of the molecule is CC(C)(C)C(=O)C1=C(O)C(=O)N(CCCCCC(=O)O)[C@H]1c1ccccc1. The molecule has 146 valence electrons. The highest BCUT2D eigenvalue weighted by Gasteiger charge is 2.45. The van der Waals surface area contributed by atoms with Gasteiger partial charge in [0, 0.05) is 18.4 Å². The Balaban J connectivity index is 2.27. The number of hydrogen-bond donors (Lipinski definition) is 2. The number of ketones is 1. The third kappa shape index (κ3) is 4.76. The van der Waals surface area contributed by atoms with Gasteiger partial charge in [0.1, 0.15) is 0 Å². The van der Waals surface area contributed by atoms with E-state index in [2.05, 4.69) is 0 Å². The summed E-state index contributed by atoms with van der Waals surface area (Å²) in [4.78, 5) is 37.8. The molecule has 0 radical (unpaired) electrons. The second-order valence-corrected chi connectivity index (χ2v) is 7.86. The van der Waals surface area contributed by atoms with Crippen LogP contribution >= 0.6 is 0 Å². The van der Waals surface area contributed by atoms with Crippen LogP contribution in [0, 0.1) is 5.41 Å². The van der Waals surface area contributed by atoms with Gasteiger partial charge in [-0.25, -0.2) is 0 Å². The van der Waals surface area contributed by atoms with Crippen molar-refractivity contribution >= 4 is 17.7 Å². The summed E-state index contributed by atoms with van der Waals surface area (Å²) >= 11 is 0. The maximum atomic E-state index is 12.9. The molecule has 1 aliphatic heterocycles. The fourth-order valence-electron chi connectivity index (χ4n) is 3.24. The molecular weight excluding hydrogens is 346 g/mol. The van der Waals surface area contributed by atoms with Crippen molar-refractivity contribution in [3.05, 3.63) is 47.2 Å². The first-order valence-electron chi connectivity index (χ1n) is 9.20. The number of benzene rings is 1. The summed E-state index contributed by atoms with van der Waals surface area (Å²) in [6.45, 7) is 5.63. The number of rotatable bonds is 8. The van der Waals surface area contributed by atoms with Crippen LogP contribution < -0.4 is 0 Å². The zero-order valence-electron chi connectivity index (χ0n) is 16.1. The lowest BCUT2D eigenvalue weighted by Gasteiger charge is -2.29. The van der Waals surface area contributed by atoms with E-state index in [1.54, 1.807) is 20.8 Å². The molecule has 0 bridgehead atoms. The molecule has 1 atom stereocenters.